The number of carbonyl (C=O) groups is 1. The molecule has 4 nitrogen and oxygen atoms in total. The van der Waals surface area contributed by atoms with Crippen LogP contribution in [0.1, 0.15) is 20.8 Å². The molecule has 0 bridgehead atoms. The zero-order chi connectivity index (χ0) is 19.1. The summed E-state index contributed by atoms with van der Waals surface area (Å²) in [6, 6.07) is 0. The van der Waals surface area contributed by atoms with E-state index in [9.17, 15) is 31.1 Å². The molecule has 2 unspecified atom stereocenters. The van der Waals surface area contributed by atoms with E-state index in [2.05, 4.69) is 4.74 Å². The molecule has 1 amide bonds. The minimum Gasteiger partial charge on any atom is -0.426 e. The van der Waals surface area contributed by atoms with Gasteiger partial charge in [0.1, 0.15) is 15.7 Å². The zero-order valence-electron chi connectivity index (χ0n) is 13.3. The van der Waals surface area contributed by atoms with Gasteiger partial charge in [-0.05, 0) is 20.8 Å². The van der Waals surface area contributed by atoms with Crippen molar-refractivity contribution in [2.75, 3.05) is 13.1 Å². The van der Waals surface area contributed by atoms with E-state index in [4.69, 9.17) is 15.7 Å². The minimum absolute atomic E-state index is 0.0228. The monoisotopic (exact) mass is 356 g/mol. The summed E-state index contributed by atoms with van der Waals surface area (Å²) in [4.78, 5) is 14.1. The number of ether oxygens (including phenoxy) is 1. The van der Waals surface area contributed by atoms with Gasteiger partial charge in [0.05, 0.1) is 0 Å². The maximum Gasteiger partial charge on any atom is 0.434 e. The largest absolute Gasteiger partial charge is 0.434 e. The normalized spacial score (nSPS) is 24.3. The average Bonchev–Trinajstić information content (AvgIpc) is 2.31. The minimum atomic E-state index is -5.80. The van der Waals surface area contributed by atoms with Gasteiger partial charge >= 0.3 is 18.4 Å². The Hall–Kier alpha value is -1.06. The second-order valence-electron chi connectivity index (χ2n) is 6.46. The Labute approximate surface area is 138 Å². The van der Waals surface area contributed by atoms with Gasteiger partial charge in [-0.15, -0.1) is 0 Å². The molecule has 0 aromatic heterocycles. The molecule has 2 atom stereocenters. The Morgan fingerprint density at radius 1 is 1.00 bits per heavy atom. The molecule has 0 aliphatic carbocycles. The number of nitrogens with zero attached hydrogens (tertiary/aromatic N) is 2. The van der Waals surface area contributed by atoms with Crippen molar-refractivity contribution in [1.82, 2.24) is 9.80 Å². The highest BCUT2D eigenvalue weighted by atomic mass is 19.4. The fourth-order valence-corrected chi connectivity index (χ4v) is 2.25. The smallest absolute Gasteiger partial charge is 0.426 e. The van der Waals surface area contributed by atoms with Gasteiger partial charge < -0.3 is 9.64 Å². The first-order chi connectivity index (χ1) is 10.5. The maximum atomic E-state index is 12.5. The predicted molar refractivity (Wildman–Crippen MR) is 74.6 cm³/mol. The van der Waals surface area contributed by atoms with Crippen LogP contribution in [0.4, 0.5) is 31.1 Å². The Balaban J connectivity index is 2.91. The van der Waals surface area contributed by atoms with Gasteiger partial charge in [-0.1, -0.05) is 0 Å². The third-order valence-electron chi connectivity index (χ3n) is 3.50. The summed E-state index contributed by atoms with van der Waals surface area (Å²) in [5.74, 6) is -2.41. The van der Waals surface area contributed by atoms with E-state index in [1.54, 1.807) is 4.90 Å². The van der Waals surface area contributed by atoms with E-state index in [1.165, 1.54) is 0 Å². The first-order valence-corrected chi connectivity index (χ1v) is 6.93. The number of hydrogen-bond acceptors (Lipinski definition) is 3. The summed E-state index contributed by atoms with van der Waals surface area (Å²) in [6.45, 7) is 5.52. The van der Waals surface area contributed by atoms with E-state index in [-0.39, 0.29) is 13.1 Å². The predicted octanol–water partition coefficient (Wildman–Crippen LogP) is 2.02. The first-order valence-electron chi connectivity index (χ1n) is 6.93. The quantitative estimate of drug-likeness (QED) is 0.533. The Kier molecular flexibility index (Phi) is 5.84. The number of carbonyl (C=O) groups excluding carboxylic acids is 1. The maximum absolute atomic E-state index is 12.5. The van der Waals surface area contributed by atoms with Crippen molar-refractivity contribution in [2.45, 2.75) is 56.6 Å². The van der Waals surface area contributed by atoms with Crippen LogP contribution in [0.25, 0.3) is 0 Å². The van der Waals surface area contributed by atoms with E-state index < -0.39 is 42.0 Å². The lowest BCUT2D eigenvalue weighted by atomic mass is 9.81. The van der Waals surface area contributed by atoms with Crippen molar-refractivity contribution < 1.29 is 35.9 Å². The van der Waals surface area contributed by atoms with Gasteiger partial charge in [-0.3, -0.25) is 4.90 Å². The van der Waals surface area contributed by atoms with Gasteiger partial charge in [0.25, 0.3) is 6.10 Å². The van der Waals surface area contributed by atoms with Crippen molar-refractivity contribution in [1.29, 1.82) is 0 Å². The molecule has 12 heteroatoms. The Morgan fingerprint density at radius 3 is 1.67 bits per heavy atom. The molecule has 1 rings (SSSR count). The number of halogens is 6. The van der Waals surface area contributed by atoms with Crippen LogP contribution in [-0.4, -0.2) is 80.6 Å². The Morgan fingerprint density at radius 2 is 1.38 bits per heavy atom. The highest BCUT2D eigenvalue weighted by molar-refractivity contribution is 6.17. The molecule has 1 aliphatic heterocycles. The van der Waals surface area contributed by atoms with Gasteiger partial charge in [0.15, 0.2) is 0 Å². The van der Waals surface area contributed by atoms with Crippen molar-refractivity contribution in [3.8, 4) is 0 Å². The molecule has 0 aromatic rings. The van der Waals surface area contributed by atoms with Crippen LogP contribution in [0.3, 0.4) is 0 Å². The summed E-state index contributed by atoms with van der Waals surface area (Å²) in [6.07, 6.45) is -17.7. The molecular weight excluding hydrogens is 340 g/mol. The molecule has 0 N–H and O–H groups in total. The van der Waals surface area contributed by atoms with Gasteiger partial charge in [-0.25, -0.2) is 4.79 Å². The fourth-order valence-electron chi connectivity index (χ4n) is 2.25. The van der Waals surface area contributed by atoms with Crippen molar-refractivity contribution in [2.24, 2.45) is 0 Å². The molecule has 134 valence electrons. The molecule has 4 radical (unpaired) electrons. The first kappa shape index (κ1) is 21.0. The second kappa shape index (κ2) is 6.68. The van der Waals surface area contributed by atoms with Crippen LogP contribution in [0.5, 0.6) is 0 Å². The number of hydrogen-bond donors (Lipinski definition) is 0. The van der Waals surface area contributed by atoms with Crippen LogP contribution >= 0.6 is 0 Å². The average molecular weight is 356 g/mol. The van der Waals surface area contributed by atoms with Crippen molar-refractivity contribution in [3.63, 3.8) is 0 Å². The van der Waals surface area contributed by atoms with Gasteiger partial charge in [-0.2, -0.15) is 26.3 Å². The Bertz CT molecular complexity index is 440. The SMILES string of the molecule is [B]C1CN(C(C)(C)C)CC([B])N1C(=O)OC(C(F)(F)F)C(F)(F)F. The van der Waals surface area contributed by atoms with Crippen LogP contribution in [0.15, 0.2) is 0 Å². The van der Waals surface area contributed by atoms with E-state index in [0.29, 0.717) is 4.90 Å². The molecule has 1 fully saturated rings. The molecule has 0 aromatic carbocycles. The number of piperazine rings is 1. The van der Waals surface area contributed by atoms with Crippen molar-refractivity contribution >= 4 is 21.8 Å². The number of amides is 1. The summed E-state index contributed by atoms with van der Waals surface area (Å²) in [5, 5.41) is 0. The molecule has 0 saturated carbocycles. The third-order valence-corrected chi connectivity index (χ3v) is 3.50. The molecule has 0 spiro atoms. The lowest BCUT2D eigenvalue weighted by molar-refractivity contribution is -0.308. The lowest BCUT2D eigenvalue weighted by Crippen LogP contribution is -2.65. The van der Waals surface area contributed by atoms with Crippen LogP contribution in [-0.2, 0) is 4.74 Å². The number of rotatable bonds is 1. The summed E-state index contributed by atoms with van der Waals surface area (Å²) in [5.41, 5.74) is -0.397. The van der Waals surface area contributed by atoms with Crippen LogP contribution in [0.2, 0.25) is 0 Å². The summed E-state index contributed by atoms with van der Waals surface area (Å²) >= 11 is 0. The molecule has 1 aliphatic rings. The third kappa shape index (κ3) is 4.97. The van der Waals surface area contributed by atoms with E-state index >= 15 is 0 Å². The lowest BCUT2D eigenvalue weighted by Gasteiger charge is -2.49. The fraction of sp³-hybridized carbons (Fsp3) is 0.917. The molecular formula is C12H16B2F6N2O2. The summed E-state index contributed by atoms with van der Waals surface area (Å²) in [7, 11) is 11.4. The van der Waals surface area contributed by atoms with Crippen LogP contribution in [0, 0.1) is 0 Å². The standard InChI is InChI=1S/C12H16B2F6N2O2/c1-10(2,3)21-4-6(13)22(7(14)5-21)9(23)24-8(11(15,16)17)12(18,19)20/h6-8H,4-5H2,1-3H3. The van der Waals surface area contributed by atoms with Gasteiger partial charge in [0.2, 0.25) is 0 Å². The highest BCUT2D eigenvalue weighted by Gasteiger charge is 2.60. The number of alkyl halides is 6. The van der Waals surface area contributed by atoms with E-state index in [0.717, 1.165) is 0 Å². The highest BCUT2D eigenvalue weighted by Crippen LogP contribution is 2.36. The zero-order valence-corrected chi connectivity index (χ0v) is 13.3. The second-order valence-corrected chi connectivity index (χ2v) is 6.46. The molecule has 24 heavy (non-hydrogen) atoms. The summed E-state index contributed by atoms with van der Waals surface area (Å²) < 4.78 is 78.5. The van der Waals surface area contributed by atoms with Crippen LogP contribution < -0.4 is 0 Å². The molecule has 1 heterocycles. The molecule has 1 saturated heterocycles. The van der Waals surface area contributed by atoms with Crippen molar-refractivity contribution in [3.05, 3.63) is 0 Å². The van der Waals surface area contributed by atoms with E-state index in [1.807, 2.05) is 20.8 Å². The van der Waals surface area contributed by atoms with Gasteiger partial charge in [0, 0.05) is 30.5 Å². The topological polar surface area (TPSA) is 32.8 Å².